The molecule has 4 heteroatoms. The van der Waals surface area contributed by atoms with E-state index in [1.165, 1.54) is 5.56 Å². The Labute approximate surface area is 171 Å². The van der Waals surface area contributed by atoms with E-state index in [0.29, 0.717) is 5.52 Å². The highest BCUT2D eigenvalue weighted by atomic mass is 16.3. The van der Waals surface area contributed by atoms with E-state index < -0.39 is 0 Å². The number of H-pyrrole nitrogens is 1. The van der Waals surface area contributed by atoms with Gasteiger partial charge in [0, 0.05) is 28.8 Å². The molecule has 0 saturated heterocycles. The zero-order chi connectivity index (χ0) is 20.4. The standard InChI is InChI=1S/C25H25N3O/c1-25(2,3)19-12-9-18(10-13-19)22(28-21-8-4-5-15-26-21)20-14-11-17-7-6-16-27-23(17)24(20)29/h4-16,22,29H,1-3H3,(H,26,28)/p+1/t22-/m1/s1. The predicted molar refractivity (Wildman–Crippen MR) is 117 cm³/mol. The van der Waals surface area contributed by atoms with Crippen molar-refractivity contribution >= 4 is 16.7 Å². The SMILES string of the molecule is CC(C)(C)c1ccc([C@@H](Nc2cccc[nH+]2)c2ccc3cccnc3c2O)cc1. The number of phenolic OH excluding ortho intramolecular Hbond substituents is 1. The minimum atomic E-state index is -0.228. The molecule has 4 nitrogen and oxygen atoms in total. The van der Waals surface area contributed by atoms with Gasteiger partial charge in [-0.2, -0.15) is 0 Å². The Bertz CT molecular complexity index is 1120. The Hall–Kier alpha value is -3.40. The topological polar surface area (TPSA) is 59.3 Å². The summed E-state index contributed by atoms with van der Waals surface area (Å²) in [5.74, 6) is 1.08. The second-order valence-corrected chi connectivity index (χ2v) is 8.30. The Morgan fingerprint density at radius 2 is 1.72 bits per heavy atom. The molecular formula is C25H26N3O+. The van der Waals surface area contributed by atoms with E-state index in [2.05, 4.69) is 60.3 Å². The molecule has 0 unspecified atom stereocenters. The summed E-state index contributed by atoms with van der Waals surface area (Å²) in [4.78, 5) is 7.61. The van der Waals surface area contributed by atoms with Crippen molar-refractivity contribution in [3.8, 4) is 5.75 Å². The van der Waals surface area contributed by atoms with Gasteiger partial charge in [0.05, 0.1) is 6.20 Å². The third kappa shape index (κ3) is 3.92. The fourth-order valence-corrected chi connectivity index (χ4v) is 3.53. The van der Waals surface area contributed by atoms with Crippen LogP contribution in [0.5, 0.6) is 5.75 Å². The third-order valence-electron chi connectivity index (χ3n) is 5.21. The van der Waals surface area contributed by atoms with Gasteiger partial charge in [0.15, 0.2) is 0 Å². The second kappa shape index (κ2) is 7.55. The lowest BCUT2D eigenvalue weighted by atomic mass is 9.85. The molecule has 0 amide bonds. The minimum absolute atomic E-state index is 0.0870. The highest BCUT2D eigenvalue weighted by molar-refractivity contribution is 5.85. The van der Waals surface area contributed by atoms with Crippen molar-refractivity contribution in [1.29, 1.82) is 0 Å². The summed E-state index contributed by atoms with van der Waals surface area (Å²) in [6, 6.07) is 22.1. The maximum atomic E-state index is 11.0. The second-order valence-electron chi connectivity index (χ2n) is 8.30. The van der Waals surface area contributed by atoms with Gasteiger partial charge in [-0.05, 0) is 29.2 Å². The largest absolute Gasteiger partial charge is 0.505 e. The number of nitrogens with one attached hydrogen (secondary N) is 2. The summed E-state index contributed by atoms with van der Waals surface area (Å²) in [7, 11) is 0. The zero-order valence-corrected chi connectivity index (χ0v) is 17.0. The molecule has 146 valence electrons. The Kier molecular flexibility index (Phi) is 4.93. The molecule has 0 fully saturated rings. The average Bonchev–Trinajstić information content (AvgIpc) is 2.73. The normalized spacial score (nSPS) is 12.7. The van der Waals surface area contributed by atoms with E-state index in [-0.39, 0.29) is 17.2 Å². The van der Waals surface area contributed by atoms with Crippen LogP contribution in [0, 0.1) is 0 Å². The van der Waals surface area contributed by atoms with Gasteiger partial charge in [-0.25, -0.2) is 4.98 Å². The van der Waals surface area contributed by atoms with Gasteiger partial charge in [0.2, 0.25) is 0 Å². The van der Waals surface area contributed by atoms with Gasteiger partial charge in [-0.1, -0.05) is 63.2 Å². The van der Waals surface area contributed by atoms with Crippen molar-refractivity contribution in [2.24, 2.45) is 0 Å². The van der Waals surface area contributed by atoms with Crippen LogP contribution in [0.1, 0.15) is 43.5 Å². The highest BCUT2D eigenvalue weighted by Gasteiger charge is 2.25. The molecule has 2 aromatic carbocycles. The van der Waals surface area contributed by atoms with Crippen LogP contribution >= 0.6 is 0 Å². The molecule has 0 aliphatic heterocycles. The fourth-order valence-electron chi connectivity index (χ4n) is 3.53. The quantitative estimate of drug-likeness (QED) is 0.505. The number of rotatable bonds is 4. The molecule has 29 heavy (non-hydrogen) atoms. The summed E-state index contributed by atoms with van der Waals surface area (Å²) < 4.78 is 0. The first-order valence-corrected chi connectivity index (χ1v) is 9.84. The van der Waals surface area contributed by atoms with E-state index in [9.17, 15) is 5.11 Å². The van der Waals surface area contributed by atoms with E-state index in [1.807, 2.05) is 48.7 Å². The third-order valence-corrected chi connectivity index (χ3v) is 5.21. The van der Waals surface area contributed by atoms with Crippen LogP contribution < -0.4 is 10.3 Å². The van der Waals surface area contributed by atoms with Crippen LogP contribution in [0.4, 0.5) is 5.82 Å². The smallest absolute Gasteiger partial charge is 0.272 e. The molecule has 0 spiro atoms. The molecule has 0 aliphatic rings. The number of nitrogens with zero attached hydrogens (tertiary/aromatic N) is 1. The number of aromatic amines is 1. The molecule has 4 rings (SSSR count). The molecule has 0 aliphatic carbocycles. The van der Waals surface area contributed by atoms with E-state index in [1.54, 1.807) is 6.20 Å². The minimum Gasteiger partial charge on any atom is -0.505 e. The number of hydrogen-bond acceptors (Lipinski definition) is 3. The first-order valence-electron chi connectivity index (χ1n) is 9.84. The fraction of sp³-hybridized carbons (Fsp3) is 0.200. The van der Waals surface area contributed by atoms with Gasteiger partial charge in [0.25, 0.3) is 5.82 Å². The molecule has 0 bridgehead atoms. The maximum Gasteiger partial charge on any atom is 0.272 e. The van der Waals surface area contributed by atoms with Gasteiger partial charge in [-0.3, -0.25) is 10.3 Å². The zero-order valence-electron chi connectivity index (χ0n) is 17.0. The lowest BCUT2D eigenvalue weighted by molar-refractivity contribution is -0.361. The van der Waals surface area contributed by atoms with Crippen LogP contribution in [-0.2, 0) is 5.41 Å². The number of aromatic hydroxyl groups is 1. The number of phenols is 1. The molecule has 4 aromatic rings. The summed E-state index contributed by atoms with van der Waals surface area (Å²) >= 11 is 0. The summed E-state index contributed by atoms with van der Waals surface area (Å²) in [5, 5.41) is 15.5. The lowest BCUT2D eigenvalue weighted by Crippen LogP contribution is -2.19. The van der Waals surface area contributed by atoms with Crippen molar-refractivity contribution < 1.29 is 10.1 Å². The summed E-state index contributed by atoms with van der Waals surface area (Å²) in [5.41, 5.74) is 3.83. The van der Waals surface area contributed by atoms with Crippen molar-refractivity contribution in [3.63, 3.8) is 0 Å². The molecule has 0 radical (unpaired) electrons. The Morgan fingerprint density at radius 3 is 2.41 bits per heavy atom. The molecule has 1 atom stereocenters. The molecule has 2 aromatic heterocycles. The van der Waals surface area contributed by atoms with Crippen molar-refractivity contribution in [2.75, 3.05) is 5.32 Å². The van der Waals surface area contributed by atoms with E-state index in [4.69, 9.17) is 0 Å². The van der Waals surface area contributed by atoms with Gasteiger partial charge >= 0.3 is 0 Å². The van der Waals surface area contributed by atoms with Gasteiger partial charge in [-0.15, -0.1) is 0 Å². The van der Waals surface area contributed by atoms with Crippen LogP contribution in [0.2, 0.25) is 0 Å². The number of anilines is 1. The number of aromatic nitrogens is 2. The molecule has 2 heterocycles. The van der Waals surface area contributed by atoms with E-state index >= 15 is 0 Å². The average molecular weight is 385 g/mol. The van der Waals surface area contributed by atoms with Gasteiger partial charge in [0.1, 0.15) is 17.3 Å². The van der Waals surface area contributed by atoms with Gasteiger partial charge < -0.3 is 5.11 Å². The number of hydrogen-bond donors (Lipinski definition) is 2. The number of fused-ring (bicyclic) bond motifs is 1. The number of benzene rings is 2. The lowest BCUT2D eigenvalue weighted by Gasteiger charge is -2.21. The monoisotopic (exact) mass is 384 g/mol. The van der Waals surface area contributed by atoms with Crippen LogP contribution in [0.3, 0.4) is 0 Å². The van der Waals surface area contributed by atoms with Crippen molar-refractivity contribution in [2.45, 2.75) is 32.2 Å². The van der Waals surface area contributed by atoms with Crippen molar-refractivity contribution in [1.82, 2.24) is 4.98 Å². The molecular weight excluding hydrogens is 358 g/mol. The highest BCUT2D eigenvalue weighted by Crippen LogP contribution is 2.36. The molecule has 3 N–H and O–H groups in total. The predicted octanol–water partition coefficient (Wildman–Crippen LogP) is 5.25. The van der Waals surface area contributed by atoms with Crippen LogP contribution in [0.25, 0.3) is 10.9 Å². The summed E-state index contributed by atoms with van der Waals surface area (Å²) in [6.45, 7) is 6.62. The summed E-state index contributed by atoms with van der Waals surface area (Å²) in [6.07, 6.45) is 3.58. The number of pyridine rings is 2. The first kappa shape index (κ1) is 18.9. The molecule has 0 saturated carbocycles. The van der Waals surface area contributed by atoms with Crippen molar-refractivity contribution in [3.05, 3.63) is 95.8 Å². The van der Waals surface area contributed by atoms with Crippen LogP contribution in [0.15, 0.2) is 79.1 Å². The van der Waals surface area contributed by atoms with Crippen LogP contribution in [-0.4, -0.2) is 10.1 Å². The maximum absolute atomic E-state index is 11.0. The first-order chi connectivity index (χ1) is 13.9. The Morgan fingerprint density at radius 1 is 0.931 bits per heavy atom. The van der Waals surface area contributed by atoms with E-state index in [0.717, 1.165) is 22.3 Å². The Balaban J connectivity index is 1.82.